The first-order valence-corrected chi connectivity index (χ1v) is 9.66. The van der Waals surface area contributed by atoms with Gasteiger partial charge in [-0.2, -0.15) is 0 Å². The summed E-state index contributed by atoms with van der Waals surface area (Å²) < 4.78 is 0. The zero-order chi connectivity index (χ0) is 20.4. The van der Waals surface area contributed by atoms with Crippen LogP contribution in [0.25, 0.3) is 22.0 Å². The fraction of sp³-hybridized carbons (Fsp3) is 0.208. The number of fused-ring (bicyclic) bond motifs is 1. The quantitative estimate of drug-likeness (QED) is 0.501. The van der Waals surface area contributed by atoms with Gasteiger partial charge in [0.05, 0.1) is 11.1 Å². The lowest BCUT2D eigenvalue weighted by molar-refractivity contribution is 0.0783. The van der Waals surface area contributed by atoms with Crippen molar-refractivity contribution >= 4 is 16.7 Å². The number of nitrogens with zero attached hydrogens (tertiary/aromatic N) is 3. The van der Waals surface area contributed by atoms with Gasteiger partial charge in [0.25, 0.3) is 0 Å². The van der Waals surface area contributed by atoms with Gasteiger partial charge >= 0.3 is 0 Å². The molecule has 0 radical (unpaired) electrons. The molecule has 0 fully saturated rings. The summed E-state index contributed by atoms with van der Waals surface area (Å²) >= 11 is 0. The summed E-state index contributed by atoms with van der Waals surface area (Å²) in [4.78, 5) is 13.2. The molecule has 2 aromatic heterocycles. The fourth-order valence-corrected chi connectivity index (χ4v) is 3.31. The number of aromatic nitrogens is 3. The van der Waals surface area contributed by atoms with Crippen molar-refractivity contribution in [3.63, 3.8) is 0 Å². The van der Waals surface area contributed by atoms with Crippen molar-refractivity contribution in [2.24, 2.45) is 0 Å². The minimum atomic E-state index is -0.944. The molecule has 4 rings (SSSR count). The van der Waals surface area contributed by atoms with E-state index in [1.165, 1.54) is 5.56 Å². The summed E-state index contributed by atoms with van der Waals surface area (Å²) in [5.41, 5.74) is 3.84. The highest BCUT2D eigenvalue weighted by Crippen LogP contribution is 2.30. The Morgan fingerprint density at radius 1 is 0.931 bits per heavy atom. The molecule has 2 N–H and O–H groups in total. The molecule has 2 aromatic carbocycles. The molecule has 0 saturated heterocycles. The van der Waals surface area contributed by atoms with Gasteiger partial charge in [-0.15, -0.1) is 0 Å². The van der Waals surface area contributed by atoms with E-state index >= 15 is 0 Å². The molecule has 0 saturated carbocycles. The minimum Gasteiger partial charge on any atom is -0.386 e. The normalized spacial score (nSPS) is 12.7. The molecule has 29 heavy (non-hydrogen) atoms. The lowest BCUT2D eigenvalue weighted by atomic mass is 9.96. The van der Waals surface area contributed by atoms with E-state index in [0.29, 0.717) is 0 Å². The second-order valence-corrected chi connectivity index (χ2v) is 7.75. The van der Waals surface area contributed by atoms with Gasteiger partial charge in [-0.25, -0.2) is 9.97 Å². The van der Waals surface area contributed by atoms with Crippen molar-refractivity contribution in [2.75, 3.05) is 5.32 Å². The van der Waals surface area contributed by atoms with E-state index in [1.807, 2.05) is 36.4 Å². The van der Waals surface area contributed by atoms with E-state index in [9.17, 15) is 5.11 Å². The number of hydrogen-bond donors (Lipinski definition) is 2. The molecule has 0 amide bonds. The third-order valence-corrected chi connectivity index (χ3v) is 5.07. The molecule has 1 unspecified atom stereocenters. The van der Waals surface area contributed by atoms with Gasteiger partial charge in [0.1, 0.15) is 12.1 Å². The molecule has 0 aliphatic rings. The van der Waals surface area contributed by atoms with Crippen LogP contribution in [0.1, 0.15) is 37.9 Å². The van der Waals surface area contributed by atoms with Gasteiger partial charge in [-0.1, -0.05) is 36.4 Å². The topological polar surface area (TPSA) is 70.9 Å². The Morgan fingerprint density at radius 3 is 2.48 bits per heavy atom. The zero-order valence-corrected chi connectivity index (χ0v) is 16.8. The molecule has 1 atom stereocenters. The van der Waals surface area contributed by atoms with Crippen molar-refractivity contribution in [1.29, 1.82) is 0 Å². The van der Waals surface area contributed by atoms with E-state index in [4.69, 9.17) is 0 Å². The van der Waals surface area contributed by atoms with Gasteiger partial charge in [0.15, 0.2) is 0 Å². The van der Waals surface area contributed by atoms with E-state index in [-0.39, 0.29) is 6.04 Å². The maximum atomic E-state index is 10.3. The first-order chi connectivity index (χ1) is 13.9. The van der Waals surface area contributed by atoms with Gasteiger partial charge < -0.3 is 10.4 Å². The lowest BCUT2D eigenvalue weighted by Gasteiger charge is -2.18. The molecule has 0 bridgehead atoms. The van der Waals surface area contributed by atoms with Crippen LogP contribution < -0.4 is 5.32 Å². The van der Waals surface area contributed by atoms with Crippen LogP contribution in [0.4, 0.5) is 5.82 Å². The highest BCUT2D eigenvalue weighted by atomic mass is 16.3. The van der Waals surface area contributed by atoms with E-state index in [0.717, 1.165) is 33.4 Å². The Morgan fingerprint density at radius 2 is 1.72 bits per heavy atom. The molecule has 5 nitrogen and oxygen atoms in total. The Kier molecular flexibility index (Phi) is 4.99. The van der Waals surface area contributed by atoms with Crippen LogP contribution in [0.5, 0.6) is 0 Å². The zero-order valence-electron chi connectivity index (χ0n) is 16.8. The number of aliphatic hydroxyl groups is 1. The third-order valence-electron chi connectivity index (χ3n) is 5.07. The predicted octanol–water partition coefficient (Wildman–Crippen LogP) is 5.09. The minimum absolute atomic E-state index is 0.109. The Bertz CT molecular complexity index is 1140. The lowest BCUT2D eigenvalue weighted by Crippen LogP contribution is -2.15. The Labute approximate surface area is 170 Å². The van der Waals surface area contributed by atoms with Crippen molar-refractivity contribution in [3.05, 3.63) is 84.4 Å². The van der Waals surface area contributed by atoms with Crippen LogP contribution in [0.3, 0.4) is 0 Å². The summed E-state index contributed by atoms with van der Waals surface area (Å²) in [6.07, 6.45) is 5.08. The van der Waals surface area contributed by atoms with Gasteiger partial charge in [0, 0.05) is 34.9 Å². The van der Waals surface area contributed by atoms with Crippen LogP contribution in [0.15, 0.2) is 73.3 Å². The molecule has 146 valence electrons. The molecule has 4 aromatic rings. The number of benzene rings is 2. The number of anilines is 1. The summed E-state index contributed by atoms with van der Waals surface area (Å²) in [6, 6.07) is 18.4. The Hall–Kier alpha value is -3.31. The fourth-order valence-electron chi connectivity index (χ4n) is 3.31. The van der Waals surface area contributed by atoms with Crippen molar-refractivity contribution in [2.45, 2.75) is 32.4 Å². The predicted molar refractivity (Wildman–Crippen MR) is 116 cm³/mol. The smallest absolute Gasteiger partial charge is 0.137 e. The molecule has 0 spiro atoms. The Balaban J connectivity index is 1.73. The number of rotatable bonds is 5. The van der Waals surface area contributed by atoms with Crippen molar-refractivity contribution < 1.29 is 5.11 Å². The SMILES string of the molecule is CC(Nc1ncnc2ccc(-c3cncc(C(C)(C)O)c3)cc12)c1ccccc1. The molecular weight excluding hydrogens is 360 g/mol. The van der Waals surface area contributed by atoms with Crippen LogP contribution in [0.2, 0.25) is 0 Å². The summed E-state index contributed by atoms with van der Waals surface area (Å²) in [7, 11) is 0. The molecule has 0 aliphatic heterocycles. The maximum Gasteiger partial charge on any atom is 0.137 e. The van der Waals surface area contributed by atoms with E-state index in [1.54, 1.807) is 32.6 Å². The average molecular weight is 384 g/mol. The maximum absolute atomic E-state index is 10.3. The molecule has 0 aliphatic carbocycles. The second kappa shape index (κ2) is 7.60. The summed E-state index contributed by atoms with van der Waals surface area (Å²) in [5, 5.41) is 14.8. The largest absolute Gasteiger partial charge is 0.386 e. The van der Waals surface area contributed by atoms with Crippen molar-refractivity contribution in [3.8, 4) is 11.1 Å². The van der Waals surface area contributed by atoms with Crippen molar-refractivity contribution in [1.82, 2.24) is 15.0 Å². The molecular formula is C24H24N4O. The molecule has 2 heterocycles. The standard InChI is InChI=1S/C24H24N4O/c1-16(17-7-5-4-6-8-17)28-23-21-12-18(9-10-22(21)26-15-27-23)19-11-20(14-25-13-19)24(2,3)29/h4-16,29H,1-3H3,(H,26,27,28). The van der Waals surface area contributed by atoms with Crippen LogP contribution in [-0.2, 0) is 5.60 Å². The van der Waals surface area contributed by atoms with Crippen LogP contribution >= 0.6 is 0 Å². The number of nitrogens with one attached hydrogen (secondary N) is 1. The van der Waals surface area contributed by atoms with Crippen LogP contribution in [-0.4, -0.2) is 20.1 Å². The summed E-state index contributed by atoms with van der Waals surface area (Å²) in [5.74, 6) is 0.791. The van der Waals surface area contributed by atoms with E-state index in [2.05, 4.69) is 45.4 Å². The average Bonchev–Trinajstić information content (AvgIpc) is 2.74. The first-order valence-electron chi connectivity index (χ1n) is 9.66. The highest BCUT2D eigenvalue weighted by Gasteiger charge is 2.17. The first kappa shape index (κ1) is 19.0. The van der Waals surface area contributed by atoms with Crippen LogP contribution in [0, 0.1) is 0 Å². The highest BCUT2D eigenvalue weighted by molar-refractivity contribution is 5.92. The monoisotopic (exact) mass is 384 g/mol. The molecule has 5 heteroatoms. The number of hydrogen-bond acceptors (Lipinski definition) is 5. The summed E-state index contributed by atoms with van der Waals surface area (Å²) in [6.45, 7) is 5.63. The third kappa shape index (κ3) is 4.10. The number of pyridine rings is 1. The van der Waals surface area contributed by atoms with Gasteiger partial charge in [-0.3, -0.25) is 4.98 Å². The van der Waals surface area contributed by atoms with Gasteiger partial charge in [-0.05, 0) is 50.1 Å². The van der Waals surface area contributed by atoms with E-state index < -0.39 is 5.60 Å². The second-order valence-electron chi connectivity index (χ2n) is 7.75. The van der Waals surface area contributed by atoms with Gasteiger partial charge in [0.2, 0.25) is 0 Å².